The number of fused-ring (bicyclic) bond motifs is 1. The fraction of sp³-hybridized carbons (Fsp3) is 0.0833. The maximum atomic E-state index is 4.36. The second kappa shape index (κ2) is 3.41. The third-order valence-electron chi connectivity index (χ3n) is 2.45. The summed E-state index contributed by atoms with van der Waals surface area (Å²) in [6, 6.07) is 5.87. The SMILES string of the molecule is Cc1cc2ncc(-c3ccncc3)cn2n1. The van der Waals surface area contributed by atoms with Gasteiger partial charge in [-0.3, -0.25) is 4.98 Å². The molecule has 0 amide bonds. The van der Waals surface area contributed by atoms with Crippen LogP contribution in [0.3, 0.4) is 0 Å². The molecule has 4 heteroatoms. The number of hydrogen-bond acceptors (Lipinski definition) is 3. The molecule has 0 unspecified atom stereocenters. The Bertz CT molecular complexity index is 628. The van der Waals surface area contributed by atoms with Gasteiger partial charge in [0.25, 0.3) is 0 Å². The number of pyridine rings is 1. The second-order valence-corrected chi connectivity index (χ2v) is 3.67. The number of hydrogen-bond donors (Lipinski definition) is 0. The van der Waals surface area contributed by atoms with Crippen molar-refractivity contribution in [2.75, 3.05) is 0 Å². The Morgan fingerprint density at radius 3 is 2.75 bits per heavy atom. The summed E-state index contributed by atoms with van der Waals surface area (Å²) in [5.41, 5.74) is 3.98. The van der Waals surface area contributed by atoms with Gasteiger partial charge in [-0.25, -0.2) is 9.50 Å². The van der Waals surface area contributed by atoms with Crippen molar-refractivity contribution in [1.82, 2.24) is 19.6 Å². The molecule has 3 heterocycles. The van der Waals surface area contributed by atoms with E-state index in [1.807, 2.05) is 37.5 Å². The van der Waals surface area contributed by atoms with Gasteiger partial charge in [0.05, 0.1) is 5.69 Å². The summed E-state index contributed by atoms with van der Waals surface area (Å²) in [5, 5.41) is 4.34. The number of rotatable bonds is 1. The Hall–Kier alpha value is -2.23. The molecule has 3 aromatic rings. The average molecular weight is 210 g/mol. The first-order valence-corrected chi connectivity index (χ1v) is 5.05. The van der Waals surface area contributed by atoms with Crippen LogP contribution < -0.4 is 0 Å². The largest absolute Gasteiger partial charge is 0.265 e. The Morgan fingerprint density at radius 1 is 1.12 bits per heavy atom. The molecule has 0 spiro atoms. The molecule has 0 bridgehead atoms. The van der Waals surface area contributed by atoms with E-state index < -0.39 is 0 Å². The van der Waals surface area contributed by atoms with Crippen molar-refractivity contribution in [1.29, 1.82) is 0 Å². The van der Waals surface area contributed by atoms with E-state index in [0.29, 0.717) is 0 Å². The van der Waals surface area contributed by atoms with E-state index in [2.05, 4.69) is 15.1 Å². The number of aryl methyl sites for hydroxylation is 1. The minimum Gasteiger partial charge on any atom is -0.265 e. The first-order chi connectivity index (χ1) is 7.83. The van der Waals surface area contributed by atoms with Gasteiger partial charge < -0.3 is 0 Å². The van der Waals surface area contributed by atoms with Crippen LogP contribution in [0.15, 0.2) is 43.0 Å². The van der Waals surface area contributed by atoms with Gasteiger partial charge >= 0.3 is 0 Å². The first-order valence-electron chi connectivity index (χ1n) is 5.05. The lowest BCUT2D eigenvalue weighted by atomic mass is 10.1. The molecule has 4 nitrogen and oxygen atoms in total. The molecule has 78 valence electrons. The molecule has 0 aliphatic carbocycles. The Morgan fingerprint density at radius 2 is 1.94 bits per heavy atom. The molecule has 0 aliphatic heterocycles. The lowest BCUT2D eigenvalue weighted by Gasteiger charge is -2.00. The standard InChI is InChI=1S/C12H10N4/c1-9-6-12-14-7-11(8-16(12)15-9)10-2-4-13-5-3-10/h2-8H,1H3. The third-order valence-corrected chi connectivity index (χ3v) is 2.45. The van der Waals surface area contributed by atoms with Crippen LogP contribution in [0.1, 0.15) is 5.69 Å². The minimum atomic E-state index is 0.871. The topological polar surface area (TPSA) is 43.1 Å². The van der Waals surface area contributed by atoms with Crippen LogP contribution in [-0.2, 0) is 0 Å². The van der Waals surface area contributed by atoms with E-state index in [4.69, 9.17) is 0 Å². The van der Waals surface area contributed by atoms with Gasteiger partial charge in [0.15, 0.2) is 5.65 Å². The quantitative estimate of drug-likeness (QED) is 0.617. The van der Waals surface area contributed by atoms with Gasteiger partial charge in [-0.05, 0) is 24.6 Å². The lowest BCUT2D eigenvalue weighted by molar-refractivity contribution is 0.919. The van der Waals surface area contributed by atoms with Crippen molar-refractivity contribution in [3.8, 4) is 11.1 Å². The Labute approximate surface area is 92.6 Å². The highest BCUT2D eigenvalue weighted by Gasteiger charge is 2.02. The molecule has 0 atom stereocenters. The summed E-state index contributed by atoms with van der Waals surface area (Å²) in [6.45, 7) is 1.96. The van der Waals surface area contributed by atoms with E-state index in [-0.39, 0.29) is 0 Å². The van der Waals surface area contributed by atoms with Crippen LogP contribution in [0.25, 0.3) is 16.8 Å². The Kier molecular flexibility index (Phi) is 1.93. The molecule has 0 aliphatic rings. The van der Waals surface area contributed by atoms with E-state index in [9.17, 15) is 0 Å². The zero-order valence-corrected chi connectivity index (χ0v) is 8.83. The highest BCUT2D eigenvalue weighted by atomic mass is 15.2. The molecule has 0 saturated heterocycles. The summed E-state index contributed by atoms with van der Waals surface area (Å²) in [4.78, 5) is 8.35. The molecule has 3 rings (SSSR count). The van der Waals surface area contributed by atoms with Crippen molar-refractivity contribution in [3.05, 3.63) is 48.7 Å². The van der Waals surface area contributed by atoms with Crippen molar-refractivity contribution in [2.24, 2.45) is 0 Å². The zero-order valence-electron chi connectivity index (χ0n) is 8.83. The van der Waals surface area contributed by atoms with Crippen molar-refractivity contribution >= 4 is 5.65 Å². The number of aromatic nitrogens is 4. The highest BCUT2D eigenvalue weighted by Crippen LogP contribution is 2.17. The van der Waals surface area contributed by atoms with E-state index in [1.165, 1.54) is 0 Å². The summed E-state index contributed by atoms with van der Waals surface area (Å²) in [6.07, 6.45) is 7.37. The molecule has 0 fully saturated rings. The first kappa shape index (κ1) is 9.03. The van der Waals surface area contributed by atoms with Crippen LogP contribution in [0.2, 0.25) is 0 Å². The van der Waals surface area contributed by atoms with Gasteiger partial charge in [0, 0.05) is 36.4 Å². The molecule has 0 N–H and O–H groups in total. The molecule has 0 saturated carbocycles. The maximum Gasteiger partial charge on any atom is 0.155 e. The Balaban J connectivity index is 2.18. The smallest absolute Gasteiger partial charge is 0.155 e. The summed E-state index contributed by atoms with van der Waals surface area (Å²) < 4.78 is 1.80. The third kappa shape index (κ3) is 1.44. The van der Waals surface area contributed by atoms with Crippen LogP contribution in [-0.4, -0.2) is 19.6 Å². The van der Waals surface area contributed by atoms with Crippen LogP contribution in [0, 0.1) is 6.92 Å². The van der Waals surface area contributed by atoms with E-state index >= 15 is 0 Å². The molecular formula is C12H10N4. The van der Waals surface area contributed by atoms with Crippen molar-refractivity contribution in [3.63, 3.8) is 0 Å². The summed E-state index contributed by atoms with van der Waals surface area (Å²) in [7, 11) is 0. The van der Waals surface area contributed by atoms with Gasteiger partial charge in [0.2, 0.25) is 0 Å². The minimum absolute atomic E-state index is 0.871. The van der Waals surface area contributed by atoms with Crippen LogP contribution >= 0.6 is 0 Å². The molecule has 16 heavy (non-hydrogen) atoms. The summed E-state index contributed by atoms with van der Waals surface area (Å²) >= 11 is 0. The van der Waals surface area contributed by atoms with Crippen LogP contribution in [0.4, 0.5) is 0 Å². The monoisotopic (exact) mass is 210 g/mol. The predicted molar refractivity (Wildman–Crippen MR) is 61.0 cm³/mol. The maximum absolute atomic E-state index is 4.36. The molecule has 0 aromatic carbocycles. The van der Waals surface area contributed by atoms with Crippen molar-refractivity contribution < 1.29 is 0 Å². The highest BCUT2D eigenvalue weighted by molar-refractivity contribution is 5.62. The fourth-order valence-corrected chi connectivity index (χ4v) is 1.69. The normalized spacial score (nSPS) is 10.8. The van der Waals surface area contributed by atoms with Crippen molar-refractivity contribution in [2.45, 2.75) is 6.92 Å². The zero-order chi connectivity index (χ0) is 11.0. The van der Waals surface area contributed by atoms with Gasteiger partial charge in [0.1, 0.15) is 0 Å². The van der Waals surface area contributed by atoms with Crippen LogP contribution in [0.5, 0.6) is 0 Å². The number of nitrogens with zero attached hydrogens (tertiary/aromatic N) is 4. The molecule has 3 aromatic heterocycles. The van der Waals surface area contributed by atoms with E-state index in [0.717, 1.165) is 22.5 Å². The van der Waals surface area contributed by atoms with Gasteiger partial charge in [-0.1, -0.05) is 0 Å². The lowest BCUT2D eigenvalue weighted by Crippen LogP contribution is -1.91. The predicted octanol–water partition coefficient (Wildman–Crippen LogP) is 2.10. The van der Waals surface area contributed by atoms with E-state index in [1.54, 1.807) is 16.9 Å². The van der Waals surface area contributed by atoms with Gasteiger partial charge in [-0.15, -0.1) is 0 Å². The summed E-state index contributed by atoms with van der Waals surface area (Å²) in [5.74, 6) is 0. The molecular weight excluding hydrogens is 200 g/mol. The van der Waals surface area contributed by atoms with Gasteiger partial charge in [-0.2, -0.15) is 5.10 Å². The average Bonchev–Trinajstić information content (AvgIpc) is 2.69. The second-order valence-electron chi connectivity index (χ2n) is 3.67. The fourth-order valence-electron chi connectivity index (χ4n) is 1.69. The molecule has 0 radical (unpaired) electrons.